The summed E-state index contributed by atoms with van der Waals surface area (Å²) in [6.45, 7) is 5.00. The van der Waals surface area contributed by atoms with E-state index in [-0.39, 0.29) is 30.1 Å². The number of alkyl carbamates (subject to hydrolysis) is 1. The molecule has 1 N–H and O–H groups in total. The maximum absolute atomic E-state index is 12.9. The van der Waals surface area contributed by atoms with Gasteiger partial charge in [-0.1, -0.05) is 78.9 Å². The van der Waals surface area contributed by atoms with Crippen LogP contribution in [-0.2, 0) is 4.74 Å². The van der Waals surface area contributed by atoms with Gasteiger partial charge < -0.3 is 14.5 Å². The van der Waals surface area contributed by atoms with Crippen molar-refractivity contribution in [2.45, 2.75) is 37.8 Å². The summed E-state index contributed by atoms with van der Waals surface area (Å²) in [4.78, 5) is 41.8. The third-order valence-electron chi connectivity index (χ3n) is 8.74. The van der Waals surface area contributed by atoms with Gasteiger partial charge in [-0.2, -0.15) is 0 Å². The van der Waals surface area contributed by atoms with Crippen LogP contribution in [0.15, 0.2) is 97.1 Å². The van der Waals surface area contributed by atoms with E-state index >= 15 is 0 Å². The van der Waals surface area contributed by atoms with E-state index in [4.69, 9.17) is 4.74 Å². The average Bonchev–Trinajstić information content (AvgIpc) is 3.30. The molecule has 3 amide bonds. The summed E-state index contributed by atoms with van der Waals surface area (Å²) in [6, 6.07) is 26.7. The molecule has 2 heterocycles. The molecular weight excluding hydrogens is 564 g/mol. The van der Waals surface area contributed by atoms with Gasteiger partial charge in [0.25, 0.3) is 11.8 Å². The maximum atomic E-state index is 12.9. The molecule has 0 saturated carbocycles. The van der Waals surface area contributed by atoms with Crippen LogP contribution < -0.4 is 5.32 Å². The molecule has 3 aromatic carbocycles. The zero-order chi connectivity index (χ0) is 31.6. The van der Waals surface area contributed by atoms with Crippen LogP contribution in [0.1, 0.15) is 63.6 Å². The molecule has 236 valence electrons. The third kappa shape index (κ3) is 8.68. The SMILES string of the molecule is C[N+](C)(C/C=C/CN1CCC(OC(=O)NC(c2ccccc2)c2ccccc2)CC1)CCCCN1C(=O)c2ccccc2C1=O. The van der Waals surface area contributed by atoms with Crippen molar-refractivity contribution in [2.24, 2.45) is 0 Å². The van der Waals surface area contributed by atoms with Crippen LogP contribution in [0.3, 0.4) is 0 Å². The van der Waals surface area contributed by atoms with Gasteiger partial charge in [-0.15, -0.1) is 0 Å². The highest BCUT2D eigenvalue weighted by atomic mass is 16.6. The number of hydrogen-bond donors (Lipinski definition) is 1. The highest BCUT2D eigenvalue weighted by molar-refractivity contribution is 6.21. The number of hydrogen-bond acceptors (Lipinski definition) is 5. The molecule has 0 spiro atoms. The number of rotatable bonds is 13. The first-order chi connectivity index (χ1) is 21.8. The van der Waals surface area contributed by atoms with Crippen molar-refractivity contribution in [3.05, 3.63) is 119 Å². The lowest BCUT2D eigenvalue weighted by Crippen LogP contribution is -2.41. The number of carbonyl (C=O) groups excluding carboxylic acids is 3. The molecule has 45 heavy (non-hydrogen) atoms. The Morgan fingerprint density at radius 2 is 1.40 bits per heavy atom. The van der Waals surface area contributed by atoms with E-state index in [0.29, 0.717) is 17.7 Å². The fourth-order valence-corrected chi connectivity index (χ4v) is 6.09. The second-order valence-electron chi connectivity index (χ2n) is 12.6. The zero-order valence-electron chi connectivity index (χ0n) is 26.4. The summed E-state index contributed by atoms with van der Waals surface area (Å²) in [5.41, 5.74) is 3.07. The van der Waals surface area contributed by atoms with Crippen molar-refractivity contribution < 1.29 is 23.6 Å². The van der Waals surface area contributed by atoms with E-state index in [1.165, 1.54) is 4.90 Å². The highest BCUT2D eigenvalue weighted by Gasteiger charge is 2.34. The number of ether oxygens (including phenoxy) is 1. The third-order valence-corrected chi connectivity index (χ3v) is 8.74. The number of nitrogens with zero attached hydrogens (tertiary/aromatic N) is 3. The number of likely N-dealkylation sites (tertiary alicyclic amines) is 1. The van der Waals surface area contributed by atoms with Gasteiger partial charge in [0.15, 0.2) is 0 Å². The Kier molecular flexibility index (Phi) is 10.8. The number of benzene rings is 3. The van der Waals surface area contributed by atoms with Crippen LogP contribution in [0, 0.1) is 0 Å². The number of nitrogens with one attached hydrogen (secondary N) is 1. The Bertz CT molecular complexity index is 1390. The minimum atomic E-state index is -0.380. The lowest BCUT2D eigenvalue weighted by atomic mass is 9.99. The van der Waals surface area contributed by atoms with Crippen molar-refractivity contribution >= 4 is 17.9 Å². The molecule has 0 bridgehead atoms. The van der Waals surface area contributed by atoms with Crippen LogP contribution in [0.2, 0.25) is 0 Å². The second kappa shape index (κ2) is 15.1. The number of quaternary nitrogens is 1. The Balaban J connectivity index is 0.980. The van der Waals surface area contributed by atoms with Crippen molar-refractivity contribution in [3.63, 3.8) is 0 Å². The number of unbranched alkanes of at least 4 members (excludes halogenated alkanes) is 1. The average molecular weight is 610 g/mol. The molecule has 2 aliphatic rings. The first-order valence-corrected chi connectivity index (χ1v) is 16.0. The number of likely N-dealkylation sites (N-methyl/N-ethyl adjacent to an activating group) is 1. The first kappa shape index (κ1) is 32.1. The van der Waals surface area contributed by atoms with Crippen LogP contribution in [0.4, 0.5) is 4.79 Å². The Hall–Kier alpha value is -4.27. The summed E-state index contributed by atoms with van der Waals surface area (Å²) >= 11 is 0. The van der Waals surface area contributed by atoms with Crippen molar-refractivity contribution in [2.75, 3.05) is 53.4 Å². The Morgan fingerprint density at radius 3 is 1.98 bits per heavy atom. The molecule has 8 heteroatoms. The van der Waals surface area contributed by atoms with Gasteiger partial charge in [0.2, 0.25) is 0 Å². The van der Waals surface area contributed by atoms with Gasteiger partial charge in [-0.05, 0) is 55.0 Å². The van der Waals surface area contributed by atoms with E-state index < -0.39 is 0 Å². The predicted molar refractivity (Wildman–Crippen MR) is 176 cm³/mol. The minimum absolute atomic E-state index is 0.0895. The van der Waals surface area contributed by atoms with E-state index in [1.54, 1.807) is 24.3 Å². The van der Waals surface area contributed by atoms with Crippen LogP contribution in [0.5, 0.6) is 0 Å². The molecule has 8 nitrogen and oxygen atoms in total. The van der Waals surface area contributed by atoms with E-state index in [0.717, 1.165) is 74.0 Å². The van der Waals surface area contributed by atoms with Gasteiger partial charge in [0, 0.05) is 26.2 Å². The minimum Gasteiger partial charge on any atom is -0.446 e. The predicted octanol–water partition coefficient (Wildman–Crippen LogP) is 5.68. The molecular formula is C37H45N4O4+. The van der Waals surface area contributed by atoms with Gasteiger partial charge in [0.1, 0.15) is 6.10 Å². The van der Waals surface area contributed by atoms with Crippen LogP contribution in [-0.4, -0.2) is 91.7 Å². The number of carbonyl (C=O) groups is 3. The molecule has 0 unspecified atom stereocenters. The monoisotopic (exact) mass is 609 g/mol. The topological polar surface area (TPSA) is 79.0 Å². The lowest BCUT2D eigenvalue weighted by Gasteiger charge is -2.31. The smallest absolute Gasteiger partial charge is 0.408 e. The first-order valence-electron chi connectivity index (χ1n) is 16.0. The van der Waals surface area contributed by atoms with Crippen molar-refractivity contribution in [1.82, 2.24) is 15.1 Å². The summed E-state index contributed by atoms with van der Waals surface area (Å²) in [5, 5.41) is 3.08. The Labute approximate surface area is 266 Å². The molecule has 1 saturated heterocycles. The second-order valence-corrected chi connectivity index (χ2v) is 12.6. The van der Waals surface area contributed by atoms with Gasteiger partial charge in [-0.25, -0.2) is 4.79 Å². The molecule has 0 radical (unpaired) electrons. The van der Waals surface area contributed by atoms with Gasteiger partial charge >= 0.3 is 6.09 Å². The molecule has 2 aliphatic heterocycles. The fourth-order valence-electron chi connectivity index (χ4n) is 6.09. The van der Waals surface area contributed by atoms with E-state index in [1.807, 2.05) is 60.7 Å². The fraction of sp³-hybridized carbons (Fsp3) is 0.378. The molecule has 1 fully saturated rings. The summed E-state index contributed by atoms with van der Waals surface area (Å²) < 4.78 is 6.70. The number of amides is 3. The summed E-state index contributed by atoms with van der Waals surface area (Å²) in [7, 11) is 4.42. The normalized spacial score (nSPS) is 16.0. The number of piperidine rings is 1. The summed E-state index contributed by atoms with van der Waals surface area (Å²) in [5.74, 6) is -0.350. The standard InChI is InChI=1S/C37H44N4O4/c1-41(2,28-14-12-24-40-35(42)32-19-9-10-20-33(32)36(40)43)27-13-11-23-39-25-21-31(22-26-39)45-37(44)38-34(29-15-5-3-6-16-29)30-17-7-4-8-18-30/h3-11,13,15-20,31,34H,12,14,21-28H2,1-2H3/p+1/b13-11+. The largest absolute Gasteiger partial charge is 0.446 e. The molecule has 3 aromatic rings. The van der Waals surface area contributed by atoms with Crippen LogP contribution in [0.25, 0.3) is 0 Å². The van der Waals surface area contributed by atoms with E-state index in [2.05, 4.69) is 36.5 Å². The quantitative estimate of drug-likeness (QED) is 0.117. The molecule has 0 aromatic heterocycles. The number of fused-ring (bicyclic) bond motifs is 1. The molecule has 0 aliphatic carbocycles. The Morgan fingerprint density at radius 1 is 0.844 bits per heavy atom. The summed E-state index contributed by atoms with van der Waals surface area (Å²) in [6.07, 6.45) is 7.37. The van der Waals surface area contributed by atoms with Crippen LogP contribution >= 0.6 is 0 Å². The van der Waals surface area contributed by atoms with Crippen molar-refractivity contribution in [1.29, 1.82) is 0 Å². The molecule has 5 rings (SSSR count). The zero-order valence-corrected chi connectivity index (χ0v) is 26.4. The maximum Gasteiger partial charge on any atom is 0.408 e. The van der Waals surface area contributed by atoms with Gasteiger partial charge in [-0.3, -0.25) is 19.4 Å². The number of imide groups is 1. The van der Waals surface area contributed by atoms with Gasteiger partial charge in [0.05, 0.1) is 44.4 Å². The van der Waals surface area contributed by atoms with E-state index in [9.17, 15) is 14.4 Å². The highest BCUT2D eigenvalue weighted by Crippen LogP contribution is 2.24. The molecule has 0 atom stereocenters. The van der Waals surface area contributed by atoms with Crippen molar-refractivity contribution in [3.8, 4) is 0 Å². The lowest BCUT2D eigenvalue weighted by molar-refractivity contribution is -0.884.